The maximum absolute atomic E-state index is 13.0. The van der Waals surface area contributed by atoms with Crippen LogP contribution in [0.3, 0.4) is 0 Å². The number of fused-ring (bicyclic) bond motifs is 1. The summed E-state index contributed by atoms with van der Waals surface area (Å²) in [4.78, 5) is 28.6. The second kappa shape index (κ2) is 10.2. The summed E-state index contributed by atoms with van der Waals surface area (Å²) in [7, 11) is -3.66. The van der Waals surface area contributed by atoms with Gasteiger partial charge in [0, 0.05) is 30.9 Å². The van der Waals surface area contributed by atoms with E-state index in [0.29, 0.717) is 19.5 Å². The van der Waals surface area contributed by atoms with Gasteiger partial charge in [-0.1, -0.05) is 31.5 Å². The van der Waals surface area contributed by atoms with Crippen molar-refractivity contribution in [1.29, 1.82) is 0 Å². The Labute approximate surface area is 181 Å². The van der Waals surface area contributed by atoms with Gasteiger partial charge in [-0.2, -0.15) is 0 Å². The summed E-state index contributed by atoms with van der Waals surface area (Å²) in [6.45, 7) is 3.16. The van der Waals surface area contributed by atoms with Crippen molar-refractivity contribution in [3.63, 3.8) is 0 Å². The Morgan fingerprint density at radius 1 is 1.20 bits per heavy atom. The van der Waals surface area contributed by atoms with E-state index in [1.807, 2.05) is 18.4 Å². The predicted octanol–water partition coefficient (Wildman–Crippen LogP) is 2.29. The van der Waals surface area contributed by atoms with Gasteiger partial charge in [-0.3, -0.25) is 9.59 Å². The van der Waals surface area contributed by atoms with Gasteiger partial charge in [-0.05, 0) is 42.0 Å². The molecule has 1 aliphatic heterocycles. The molecule has 0 radical (unpaired) electrons. The molecule has 0 spiro atoms. The molecule has 0 bridgehead atoms. The number of amides is 2. The highest BCUT2D eigenvalue weighted by atomic mass is 32.2. The van der Waals surface area contributed by atoms with E-state index < -0.39 is 16.1 Å². The molecule has 0 fully saturated rings. The number of hydrogen-bond donors (Lipinski definition) is 2. The van der Waals surface area contributed by atoms with Crippen LogP contribution in [-0.4, -0.2) is 44.3 Å². The number of carbonyl (C=O) groups excluding carboxylic acids is 2. The van der Waals surface area contributed by atoms with Crippen LogP contribution in [0.15, 0.2) is 46.7 Å². The van der Waals surface area contributed by atoms with Crippen molar-refractivity contribution < 1.29 is 18.0 Å². The quantitative estimate of drug-likeness (QED) is 0.614. The molecule has 30 heavy (non-hydrogen) atoms. The van der Waals surface area contributed by atoms with Crippen LogP contribution < -0.4 is 10.0 Å². The van der Waals surface area contributed by atoms with Crippen molar-refractivity contribution in [2.75, 3.05) is 13.1 Å². The van der Waals surface area contributed by atoms with Crippen LogP contribution in [0.5, 0.6) is 0 Å². The number of carbonyl (C=O) groups is 2. The molecule has 0 aliphatic carbocycles. The maximum Gasteiger partial charge on any atom is 0.245 e. The van der Waals surface area contributed by atoms with E-state index in [4.69, 9.17) is 0 Å². The van der Waals surface area contributed by atoms with Crippen molar-refractivity contribution in [1.82, 2.24) is 14.9 Å². The minimum absolute atomic E-state index is 0.0297. The first-order valence-corrected chi connectivity index (χ1v) is 12.4. The largest absolute Gasteiger partial charge is 0.344 e. The van der Waals surface area contributed by atoms with E-state index in [9.17, 15) is 18.0 Å². The first-order valence-electron chi connectivity index (χ1n) is 10.1. The third-order valence-corrected chi connectivity index (χ3v) is 7.53. The molecule has 1 aromatic carbocycles. The molecule has 0 saturated heterocycles. The summed E-state index contributed by atoms with van der Waals surface area (Å²) in [5.74, 6) is -0.419. The minimum atomic E-state index is -3.66. The zero-order chi connectivity index (χ0) is 21.6. The zero-order valence-electron chi connectivity index (χ0n) is 17.0. The van der Waals surface area contributed by atoms with Crippen molar-refractivity contribution >= 4 is 33.2 Å². The molecule has 1 unspecified atom stereocenters. The lowest BCUT2D eigenvalue weighted by Gasteiger charge is -2.31. The van der Waals surface area contributed by atoms with Crippen LogP contribution in [0.1, 0.15) is 36.6 Å². The van der Waals surface area contributed by atoms with Gasteiger partial charge in [0.2, 0.25) is 21.8 Å². The van der Waals surface area contributed by atoms with Crippen molar-refractivity contribution in [3.05, 3.63) is 52.2 Å². The first kappa shape index (κ1) is 22.5. The van der Waals surface area contributed by atoms with Gasteiger partial charge in [0.25, 0.3) is 0 Å². The highest BCUT2D eigenvalue weighted by Gasteiger charge is 2.28. The highest BCUT2D eigenvalue weighted by Crippen LogP contribution is 2.24. The lowest BCUT2D eigenvalue weighted by Crippen LogP contribution is -2.50. The third kappa shape index (κ3) is 5.68. The average Bonchev–Trinajstić information content (AvgIpc) is 3.21. The molecular formula is C21H27N3O4S2. The lowest BCUT2D eigenvalue weighted by atomic mass is 10.1. The number of nitrogens with zero attached hydrogens (tertiary/aromatic N) is 1. The Hall–Kier alpha value is -2.23. The van der Waals surface area contributed by atoms with Gasteiger partial charge in [0.05, 0.1) is 4.90 Å². The van der Waals surface area contributed by atoms with E-state index in [1.54, 1.807) is 34.4 Å². The molecule has 1 aliphatic rings. The molecule has 2 N–H and O–H groups in total. The third-order valence-electron chi connectivity index (χ3n) is 5.03. The van der Waals surface area contributed by atoms with Crippen molar-refractivity contribution in [2.24, 2.45) is 0 Å². The SMILES string of the molecule is CCCC(NC(=O)CCNS(=O)(=O)c1ccccc1)C(=O)N1CCc2sccc2C1. The number of thiophene rings is 1. The van der Waals surface area contributed by atoms with E-state index in [-0.39, 0.29) is 29.7 Å². The molecule has 162 valence electrons. The summed E-state index contributed by atoms with van der Waals surface area (Å²) in [6.07, 6.45) is 2.11. The van der Waals surface area contributed by atoms with Gasteiger partial charge in [0.1, 0.15) is 6.04 Å². The maximum atomic E-state index is 13.0. The van der Waals surface area contributed by atoms with Gasteiger partial charge in [-0.25, -0.2) is 13.1 Å². The standard InChI is InChI=1S/C21H27N3O4S2/c1-2-6-18(21(26)24-13-10-19-16(15-24)11-14-29-19)23-20(25)9-12-22-30(27,28)17-7-4-3-5-8-17/h3-5,7-8,11,14,18,22H,2,6,9-10,12-13,15H2,1H3,(H,23,25). The Morgan fingerprint density at radius 2 is 1.97 bits per heavy atom. The van der Waals surface area contributed by atoms with E-state index >= 15 is 0 Å². The number of sulfonamides is 1. The number of hydrogen-bond acceptors (Lipinski definition) is 5. The highest BCUT2D eigenvalue weighted by molar-refractivity contribution is 7.89. The fourth-order valence-electron chi connectivity index (χ4n) is 3.45. The second-order valence-electron chi connectivity index (χ2n) is 7.25. The Balaban J connectivity index is 1.52. The smallest absolute Gasteiger partial charge is 0.245 e. The molecule has 1 aromatic heterocycles. The number of benzene rings is 1. The molecule has 0 saturated carbocycles. The van der Waals surface area contributed by atoms with Crippen LogP contribution in [0.4, 0.5) is 0 Å². The first-order chi connectivity index (χ1) is 14.4. The fourth-order valence-corrected chi connectivity index (χ4v) is 5.39. The Kier molecular flexibility index (Phi) is 7.63. The van der Waals surface area contributed by atoms with Gasteiger partial charge in [-0.15, -0.1) is 11.3 Å². The molecule has 3 rings (SSSR count). The summed E-state index contributed by atoms with van der Waals surface area (Å²) < 4.78 is 26.9. The van der Waals surface area contributed by atoms with Crippen LogP contribution in [0.2, 0.25) is 0 Å². The molecule has 2 aromatic rings. The van der Waals surface area contributed by atoms with Gasteiger partial charge < -0.3 is 10.2 Å². The second-order valence-corrected chi connectivity index (χ2v) is 10.0. The van der Waals surface area contributed by atoms with E-state index in [0.717, 1.165) is 12.8 Å². The number of nitrogens with one attached hydrogen (secondary N) is 2. The Morgan fingerprint density at radius 3 is 2.70 bits per heavy atom. The van der Waals surface area contributed by atoms with Gasteiger partial charge in [0.15, 0.2) is 0 Å². The van der Waals surface area contributed by atoms with E-state index in [2.05, 4.69) is 10.0 Å². The fraction of sp³-hybridized carbons (Fsp3) is 0.429. The average molecular weight is 450 g/mol. The molecule has 7 nitrogen and oxygen atoms in total. The summed E-state index contributed by atoms with van der Waals surface area (Å²) in [5.41, 5.74) is 1.18. The molecule has 2 amide bonds. The normalized spacial score (nSPS) is 14.8. The molecule has 2 heterocycles. The summed E-state index contributed by atoms with van der Waals surface area (Å²) in [6, 6.07) is 9.47. The molecular weight excluding hydrogens is 422 g/mol. The van der Waals surface area contributed by atoms with Crippen LogP contribution in [-0.2, 0) is 32.6 Å². The molecule has 9 heteroatoms. The van der Waals surface area contributed by atoms with Crippen LogP contribution in [0, 0.1) is 0 Å². The minimum Gasteiger partial charge on any atom is -0.344 e. The number of rotatable bonds is 9. The van der Waals surface area contributed by atoms with Crippen LogP contribution in [0.25, 0.3) is 0 Å². The van der Waals surface area contributed by atoms with Crippen molar-refractivity contribution in [3.8, 4) is 0 Å². The summed E-state index contributed by atoms with van der Waals surface area (Å²) >= 11 is 1.71. The van der Waals surface area contributed by atoms with Crippen molar-refractivity contribution in [2.45, 2.75) is 50.1 Å². The predicted molar refractivity (Wildman–Crippen MR) is 117 cm³/mol. The zero-order valence-corrected chi connectivity index (χ0v) is 18.6. The van der Waals surface area contributed by atoms with Gasteiger partial charge >= 0.3 is 0 Å². The topological polar surface area (TPSA) is 95.6 Å². The Bertz CT molecular complexity index is 973. The van der Waals surface area contributed by atoms with E-state index in [1.165, 1.54) is 22.6 Å². The summed E-state index contributed by atoms with van der Waals surface area (Å²) in [5, 5.41) is 4.84. The lowest BCUT2D eigenvalue weighted by molar-refractivity contribution is -0.137. The molecule has 1 atom stereocenters. The van der Waals surface area contributed by atoms with Crippen LogP contribution >= 0.6 is 11.3 Å². The monoisotopic (exact) mass is 449 g/mol.